The molecule has 2 rings (SSSR count). The molecule has 2 nitrogen and oxygen atoms in total. The summed E-state index contributed by atoms with van der Waals surface area (Å²) in [7, 11) is 0. The van der Waals surface area contributed by atoms with Crippen LogP contribution in [0.5, 0.6) is 0 Å². The molecule has 0 saturated carbocycles. The van der Waals surface area contributed by atoms with Crippen molar-refractivity contribution in [3.63, 3.8) is 0 Å². The molecule has 0 aromatic heterocycles. The van der Waals surface area contributed by atoms with Crippen LogP contribution in [0.4, 0.5) is 0 Å². The van der Waals surface area contributed by atoms with Crippen molar-refractivity contribution in [3.8, 4) is 0 Å². The lowest BCUT2D eigenvalue weighted by molar-refractivity contribution is 0.239. The Hall–Kier alpha value is -0.760. The second-order valence-corrected chi connectivity index (χ2v) is 5.34. The number of rotatable bonds is 2. The largest absolute Gasteiger partial charge is 0.512 e. The van der Waals surface area contributed by atoms with Gasteiger partial charge in [0.05, 0.1) is 5.76 Å². The first-order valence-electron chi connectivity index (χ1n) is 6.48. The van der Waals surface area contributed by atoms with Gasteiger partial charge in [0.15, 0.2) is 0 Å². The van der Waals surface area contributed by atoms with E-state index in [1.165, 1.54) is 37.9 Å². The predicted octanol–water partition coefficient (Wildman–Crippen LogP) is 3.27. The van der Waals surface area contributed by atoms with Gasteiger partial charge in [-0.2, -0.15) is 0 Å². The first-order valence-corrected chi connectivity index (χ1v) is 6.48. The van der Waals surface area contributed by atoms with E-state index in [0.29, 0.717) is 11.7 Å². The number of aliphatic hydroxyl groups is 1. The maximum atomic E-state index is 10.1. The third-order valence-corrected chi connectivity index (χ3v) is 3.69. The van der Waals surface area contributed by atoms with E-state index in [1.807, 2.05) is 0 Å². The Kier molecular flexibility index (Phi) is 3.70. The summed E-state index contributed by atoms with van der Waals surface area (Å²) in [5.41, 5.74) is 2.55. The highest BCUT2D eigenvalue weighted by Crippen LogP contribution is 2.28. The van der Waals surface area contributed by atoms with Crippen LogP contribution in [0, 0.1) is 5.92 Å². The number of nitrogens with zero attached hydrogens (tertiary/aromatic N) is 1. The molecule has 0 bridgehead atoms. The fourth-order valence-corrected chi connectivity index (χ4v) is 2.81. The molecule has 2 heteroatoms. The summed E-state index contributed by atoms with van der Waals surface area (Å²) >= 11 is 0. The maximum absolute atomic E-state index is 10.1. The summed E-state index contributed by atoms with van der Waals surface area (Å²) in [5, 5.41) is 10.1. The Bertz CT molecular complexity index is 311. The molecular formula is C14H23NO. The minimum Gasteiger partial charge on any atom is -0.512 e. The van der Waals surface area contributed by atoms with Crippen LogP contribution in [-0.4, -0.2) is 29.6 Å². The van der Waals surface area contributed by atoms with Crippen molar-refractivity contribution in [2.24, 2.45) is 5.92 Å². The lowest BCUT2D eigenvalue weighted by atomic mass is 9.90. The van der Waals surface area contributed by atoms with Crippen LogP contribution in [0.25, 0.3) is 0 Å². The Morgan fingerprint density at radius 1 is 1.31 bits per heavy atom. The summed E-state index contributed by atoms with van der Waals surface area (Å²) in [6, 6.07) is 0. The van der Waals surface area contributed by atoms with Crippen molar-refractivity contribution in [2.45, 2.75) is 39.5 Å². The van der Waals surface area contributed by atoms with Crippen LogP contribution in [0.15, 0.2) is 23.0 Å². The number of piperidine rings is 1. The van der Waals surface area contributed by atoms with Gasteiger partial charge in [0.1, 0.15) is 0 Å². The molecule has 0 amide bonds. The molecule has 1 N–H and O–H groups in total. The Morgan fingerprint density at radius 2 is 2.00 bits per heavy atom. The van der Waals surface area contributed by atoms with Gasteiger partial charge >= 0.3 is 0 Å². The van der Waals surface area contributed by atoms with Crippen molar-refractivity contribution >= 4 is 0 Å². The second-order valence-electron chi connectivity index (χ2n) is 5.34. The third kappa shape index (κ3) is 2.67. The Labute approximate surface area is 98.6 Å². The van der Waals surface area contributed by atoms with E-state index in [1.54, 1.807) is 0 Å². The number of aliphatic hydroxyl groups excluding tert-OH is 1. The molecular weight excluding hydrogens is 198 g/mol. The van der Waals surface area contributed by atoms with Crippen molar-refractivity contribution in [3.05, 3.63) is 23.0 Å². The van der Waals surface area contributed by atoms with Gasteiger partial charge in [-0.15, -0.1) is 0 Å². The minimum atomic E-state index is 0.310. The van der Waals surface area contributed by atoms with Crippen molar-refractivity contribution < 1.29 is 5.11 Å². The fourth-order valence-electron chi connectivity index (χ4n) is 2.81. The number of allylic oxidation sites excluding steroid dienone is 2. The zero-order chi connectivity index (χ0) is 11.5. The van der Waals surface area contributed by atoms with Crippen LogP contribution < -0.4 is 0 Å². The zero-order valence-electron chi connectivity index (χ0n) is 10.5. The number of hydrogen-bond donors (Lipinski definition) is 1. The van der Waals surface area contributed by atoms with Gasteiger partial charge in [-0.3, -0.25) is 4.90 Å². The molecule has 1 heterocycles. The monoisotopic (exact) mass is 221 g/mol. The van der Waals surface area contributed by atoms with Crippen molar-refractivity contribution in [1.82, 2.24) is 4.90 Å². The highest BCUT2D eigenvalue weighted by Gasteiger charge is 2.20. The average Bonchev–Trinajstić information content (AvgIpc) is 2.27. The van der Waals surface area contributed by atoms with E-state index in [-0.39, 0.29) is 0 Å². The normalized spacial score (nSPS) is 28.1. The van der Waals surface area contributed by atoms with Crippen LogP contribution in [-0.2, 0) is 0 Å². The Morgan fingerprint density at radius 3 is 2.69 bits per heavy atom. The highest BCUT2D eigenvalue weighted by atomic mass is 16.3. The first kappa shape index (κ1) is 11.7. The van der Waals surface area contributed by atoms with E-state index in [0.717, 1.165) is 18.5 Å². The molecule has 16 heavy (non-hydrogen) atoms. The Balaban J connectivity index is 2.04. The number of likely N-dealkylation sites (tertiary alicyclic amines) is 1. The summed E-state index contributed by atoms with van der Waals surface area (Å²) in [6.45, 7) is 7.60. The van der Waals surface area contributed by atoms with Gasteiger partial charge < -0.3 is 5.11 Å². The standard InChI is InChI=1S/C14H23NO/c1-11-8-12(2)14(16)13(9-11)10-15-6-4-3-5-7-15/h9,12,16H,3-8,10H2,1-2H3. The molecule has 1 unspecified atom stereocenters. The summed E-state index contributed by atoms with van der Waals surface area (Å²) in [4.78, 5) is 2.47. The van der Waals surface area contributed by atoms with E-state index in [4.69, 9.17) is 0 Å². The van der Waals surface area contributed by atoms with E-state index >= 15 is 0 Å². The van der Waals surface area contributed by atoms with Gasteiger partial charge in [-0.25, -0.2) is 0 Å². The topological polar surface area (TPSA) is 23.5 Å². The molecule has 0 radical (unpaired) electrons. The van der Waals surface area contributed by atoms with Gasteiger partial charge in [0, 0.05) is 18.0 Å². The molecule has 1 saturated heterocycles. The molecule has 1 aliphatic carbocycles. The number of hydrogen-bond acceptors (Lipinski definition) is 2. The molecule has 1 atom stereocenters. The summed E-state index contributed by atoms with van der Waals surface area (Å²) in [6.07, 6.45) is 7.19. The van der Waals surface area contributed by atoms with Crippen LogP contribution in [0.2, 0.25) is 0 Å². The molecule has 0 aromatic rings. The molecule has 0 aromatic carbocycles. The molecule has 2 aliphatic rings. The quantitative estimate of drug-likeness (QED) is 0.773. The molecule has 1 fully saturated rings. The summed E-state index contributed by atoms with van der Waals surface area (Å²) < 4.78 is 0. The minimum absolute atomic E-state index is 0.310. The van der Waals surface area contributed by atoms with Crippen LogP contribution >= 0.6 is 0 Å². The lowest BCUT2D eigenvalue weighted by Gasteiger charge is -2.29. The fraction of sp³-hybridized carbons (Fsp3) is 0.714. The first-order chi connectivity index (χ1) is 7.66. The summed E-state index contributed by atoms with van der Waals surface area (Å²) in [5.74, 6) is 0.931. The van der Waals surface area contributed by atoms with E-state index in [2.05, 4.69) is 24.8 Å². The van der Waals surface area contributed by atoms with Crippen molar-refractivity contribution in [1.29, 1.82) is 0 Å². The highest BCUT2D eigenvalue weighted by molar-refractivity contribution is 5.32. The average molecular weight is 221 g/mol. The molecule has 90 valence electrons. The third-order valence-electron chi connectivity index (χ3n) is 3.69. The molecule has 1 aliphatic heterocycles. The van der Waals surface area contributed by atoms with Gasteiger partial charge in [-0.1, -0.05) is 25.0 Å². The SMILES string of the molecule is CC1=CC(CN2CCCCC2)=C(O)C(C)C1. The lowest BCUT2D eigenvalue weighted by Crippen LogP contribution is -2.32. The van der Waals surface area contributed by atoms with Gasteiger partial charge in [-0.05, 0) is 39.3 Å². The molecule has 0 spiro atoms. The second kappa shape index (κ2) is 5.05. The van der Waals surface area contributed by atoms with Crippen molar-refractivity contribution in [2.75, 3.05) is 19.6 Å². The predicted molar refractivity (Wildman–Crippen MR) is 67.5 cm³/mol. The van der Waals surface area contributed by atoms with Gasteiger partial charge in [0.2, 0.25) is 0 Å². The van der Waals surface area contributed by atoms with Crippen LogP contribution in [0.1, 0.15) is 39.5 Å². The maximum Gasteiger partial charge on any atom is 0.0998 e. The van der Waals surface area contributed by atoms with Gasteiger partial charge in [0.25, 0.3) is 0 Å². The van der Waals surface area contributed by atoms with Crippen LogP contribution in [0.3, 0.4) is 0 Å². The zero-order valence-corrected chi connectivity index (χ0v) is 10.5. The van der Waals surface area contributed by atoms with E-state index < -0.39 is 0 Å². The smallest absolute Gasteiger partial charge is 0.0998 e. The van der Waals surface area contributed by atoms with E-state index in [9.17, 15) is 5.11 Å².